The van der Waals surface area contributed by atoms with Crippen LogP contribution in [0.15, 0.2) is 24.3 Å². The van der Waals surface area contributed by atoms with Gasteiger partial charge in [0.15, 0.2) is 0 Å². The van der Waals surface area contributed by atoms with E-state index in [-0.39, 0.29) is 30.2 Å². The summed E-state index contributed by atoms with van der Waals surface area (Å²) in [7, 11) is 0. The van der Waals surface area contributed by atoms with Crippen LogP contribution in [-0.2, 0) is 14.3 Å². The molecule has 120 valence electrons. The molecule has 1 N–H and O–H groups in total. The first-order valence-corrected chi connectivity index (χ1v) is 7.45. The summed E-state index contributed by atoms with van der Waals surface area (Å²) in [5.74, 6) is -0.830. The SMILES string of the molecule is CC(C)N(CC(=O)Nc1ccc(F)cc1)C(=O)C1CCCO1. The Hall–Kier alpha value is -1.95. The zero-order chi connectivity index (χ0) is 16.1. The molecule has 0 aliphatic carbocycles. The Morgan fingerprint density at radius 2 is 2.05 bits per heavy atom. The number of carbonyl (C=O) groups excluding carboxylic acids is 2. The summed E-state index contributed by atoms with van der Waals surface area (Å²) in [5, 5.41) is 2.66. The van der Waals surface area contributed by atoms with Crippen LogP contribution in [0, 0.1) is 5.82 Å². The number of rotatable bonds is 5. The molecule has 1 aromatic carbocycles. The Morgan fingerprint density at radius 3 is 2.59 bits per heavy atom. The van der Waals surface area contributed by atoms with Crippen LogP contribution in [0.3, 0.4) is 0 Å². The number of hydrogen-bond donors (Lipinski definition) is 1. The van der Waals surface area contributed by atoms with Crippen LogP contribution >= 0.6 is 0 Å². The molecule has 6 heteroatoms. The summed E-state index contributed by atoms with van der Waals surface area (Å²) in [6.45, 7) is 4.26. The highest BCUT2D eigenvalue weighted by Gasteiger charge is 2.30. The molecule has 1 unspecified atom stereocenters. The molecule has 1 saturated heterocycles. The molecule has 1 aliphatic rings. The number of anilines is 1. The van der Waals surface area contributed by atoms with E-state index in [4.69, 9.17) is 4.74 Å². The first-order chi connectivity index (χ1) is 10.5. The molecule has 1 atom stereocenters. The Bertz CT molecular complexity index is 525. The van der Waals surface area contributed by atoms with Gasteiger partial charge in [-0.25, -0.2) is 4.39 Å². The standard InChI is InChI=1S/C16H21FN2O3/c1-11(2)19(16(21)14-4-3-9-22-14)10-15(20)18-13-7-5-12(17)6-8-13/h5-8,11,14H,3-4,9-10H2,1-2H3,(H,18,20). The highest BCUT2D eigenvalue weighted by molar-refractivity contribution is 5.95. The maximum atomic E-state index is 12.8. The Kier molecular flexibility index (Phi) is 5.49. The van der Waals surface area contributed by atoms with Crippen LogP contribution in [0.2, 0.25) is 0 Å². The molecule has 0 saturated carbocycles. The Balaban J connectivity index is 1.96. The van der Waals surface area contributed by atoms with Gasteiger partial charge in [0.05, 0.1) is 0 Å². The van der Waals surface area contributed by atoms with Crippen LogP contribution in [0.5, 0.6) is 0 Å². The van der Waals surface area contributed by atoms with Crippen LogP contribution in [-0.4, -0.2) is 42.0 Å². The van der Waals surface area contributed by atoms with Crippen molar-refractivity contribution in [1.82, 2.24) is 4.90 Å². The highest BCUT2D eigenvalue weighted by Crippen LogP contribution is 2.16. The van der Waals surface area contributed by atoms with Crippen molar-refractivity contribution in [2.75, 3.05) is 18.5 Å². The third-order valence-corrected chi connectivity index (χ3v) is 3.55. The molecule has 0 spiro atoms. The number of benzene rings is 1. The van der Waals surface area contributed by atoms with E-state index in [1.54, 1.807) is 0 Å². The molecule has 0 bridgehead atoms. The molecular weight excluding hydrogens is 287 g/mol. The van der Waals surface area contributed by atoms with Gasteiger partial charge in [-0.05, 0) is 51.0 Å². The molecule has 1 aromatic rings. The highest BCUT2D eigenvalue weighted by atomic mass is 19.1. The maximum absolute atomic E-state index is 12.8. The third kappa shape index (κ3) is 4.27. The predicted molar refractivity (Wildman–Crippen MR) is 80.9 cm³/mol. The van der Waals surface area contributed by atoms with Crippen LogP contribution in [0.25, 0.3) is 0 Å². The van der Waals surface area contributed by atoms with E-state index in [1.165, 1.54) is 29.2 Å². The summed E-state index contributed by atoms with van der Waals surface area (Å²) in [4.78, 5) is 26.0. The molecule has 0 aromatic heterocycles. The second-order valence-corrected chi connectivity index (χ2v) is 5.62. The number of amides is 2. The largest absolute Gasteiger partial charge is 0.368 e. The second kappa shape index (κ2) is 7.35. The lowest BCUT2D eigenvalue weighted by Gasteiger charge is -2.28. The van der Waals surface area contributed by atoms with Gasteiger partial charge in [0.2, 0.25) is 5.91 Å². The van der Waals surface area contributed by atoms with Crippen molar-refractivity contribution < 1.29 is 18.7 Å². The van der Waals surface area contributed by atoms with Gasteiger partial charge < -0.3 is 15.0 Å². The van der Waals surface area contributed by atoms with Gasteiger partial charge in [-0.3, -0.25) is 9.59 Å². The number of hydrogen-bond acceptors (Lipinski definition) is 3. The summed E-state index contributed by atoms with van der Waals surface area (Å²) < 4.78 is 18.2. The van der Waals surface area contributed by atoms with Crippen molar-refractivity contribution >= 4 is 17.5 Å². The van der Waals surface area contributed by atoms with Gasteiger partial charge in [-0.15, -0.1) is 0 Å². The first-order valence-electron chi connectivity index (χ1n) is 7.45. The van der Waals surface area contributed by atoms with Gasteiger partial charge >= 0.3 is 0 Å². The number of ether oxygens (including phenoxy) is 1. The minimum Gasteiger partial charge on any atom is -0.368 e. The summed E-state index contributed by atoms with van der Waals surface area (Å²) in [6.07, 6.45) is 1.12. The molecule has 2 rings (SSSR count). The first kappa shape index (κ1) is 16.4. The summed E-state index contributed by atoms with van der Waals surface area (Å²) in [6, 6.07) is 5.40. The molecular formula is C16H21FN2O3. The fourth-order valence-electron chi connectivity index (χ4n) is 2.36. The summed E-state index contributed by atoms with van der Waals surface area (Å²) in [5.41, 5.74) is 0.500. The normalized spacial score (nSPS) is 17.5. The van der Waals surface area contributed by atoms with Crippen molar-refractivity contribution in [3.8, 4) is 0 Å². The van der Waals surface area contributed by atoms with Gasteiger partial charge in [0.1, 0.15) is 18.5 Å². The third-order valence-electron chi connectivity index (χ3n) is 3.55. The zero-order valence-electron chi connectivity index (χ0n) is 12.8. The summed E-state index contributed by atoms with van der Waals surface area (Å²) >= 11 is 0. The number of carbonyl (C=O) groups is 2. The fraction of sp³-hybridized carbons (Fsp3) is 0.500. The average molecular weight is 308 g/mol. The van der Waals surface area contributed by atoms with Crippen LogP contribution in [0.1, 0.15) is 26.7 Å². The molecule has 5 nitrogen and oxygen atoms in total. The second-order valence-electron chi connectivity index (χ2n) is 5.62. The Morgan fingerprint density at radius 1 is 1.36 bits per heavy atom. The van der Waals surface area contributed by atoms with E-state index < -0.39 is 6.10 Å². The van der Waals surface area contributed by atoms with Crippen molar-refractivity contribution in [2.24, 2.45) is 0 Å². The van der Waals surface area contributed by atoms with E-state index >= 15 is 0 Å². The van der Waals surface area contributed by atoms with E-state index in [2.05, 4.69) is 5.32 Å². The maximum Gasteiger partial charge on any atom is 0.252 e. The van der Waals surface area contributed by atoms with Crippen molar-refractivity contribution in [2.45, 2.75) is 38.8 Å². The molecule has 1 aliphatic heterocycles. The number of nitrogens with one attached hydrogen (secondary N) is 1. The number of halogens is 1. The van der Waals surface area contributed by atoms with Crippen LogP contribution < -0.4 is 5.32 Å². The smallest absolute Gasteiger partial charge is 0.252 e. The number of nitrogens with zero attached hydrogens (tertiary/aromatic N) is 1. The molecule has 1 heterocycles. The van der Waals surface area contributed by atoms with E-state index in [1.807, 2.05) is 13.8 Å². The van der Waals surface area contributed by atoms with Gasteiger partial charge in [-0.1, -0.05) is 0 Å². The zero-order valence-corrected chi connectivity index (χ0v) is 12.8. The lowest BCUT2D eigenvalue weighted by Crippen LogP contribution is -2.46. The van der Waals surface area contributed by atoms with E-state index in [0.717, 1.165) is 6.42 Å². The molecule has 22 heavy (non-hydrogen) atoms. The quantitative estimate of drug-likeness (QED) is 0.907. The van der Waals surface area contributed by atoms with Gasteiger partial charge in [0, 0.05) is 18.3 Å². The minimum absolute atomic E-state index is 0.0479. The minimum atomic E-state index is -0.443. The Labute approximate surface area is 129 Å². The van der Waals surface area contributed by atoms with Crippen molar-refractivity contribution in [3.05, 3.63) is 30.1 Å². The van der Waals surface area contributed by atoms with E-state index in [0.29, 0.717) is 18.7 Å². The van der Waals surface area contributed by atoms with Crippen molar-refractivity contribution in [1.29, 1.82) is 0 Å². The molecule has 0 radical (unpaired) electrons. The van der Waals surface area contributed by atoms with Gasteiger partial charge in [-0.2, -0.15) is 0 Å². The predicted octanol–water partition coefficient (Wildman–Crippen LogP) is 2.18. The lowest BCUT2D eigenvalue weighted by atomic mass is 10.2. The van der Waals surface area contributed by atoms with Gasteiger partial charge in [0.25, 0.3) is 5.91 Å². The fourth-order valence-corrected chi connectivity index (χ4v) is 2.36. The molecule has 2 amide bonds. The van der Waals surface area contributed by atoms with Crippen LogP contribution in [0.4, 0.5) is 10.1 Å². The van der Waals surface area contributed by atoms with Crippen molar-refractivity contribution in [3.63, 3.8) is 0 Å². The lowest BCUT2D eigenvalue weighted by molar-refractivity contribution is -0.144. The monoisotopic (exact) mass is 308 g/mol. The average Bonchev–Trinajstić information content (AvgIpc) is 3.00. The molecule has 1 fully saturated rings. The van der Waals surface area contributed by atoms with E-state index in [9.17, 15) is 14.0 Å². The topological polar surface area (TPSA) is 58.6 Å².